The van der Waals surface area contributed by atoms with Gasteiger partial charge in [-0.25, -0.2) is 13.1 Å². The van der Waals surface area contributed by atoms with Gasteiger partial charge in [-0.15, -0.1) is 0 Å². The fourth-order valence-corrected chi connectivity index (χ4v) is 5.54. The number of sulfonamides is 1. The predicted molar refractivity (Wildman–Crippen MR) is 126 cm³/mol. The lowest BCUT2D eigenvalue weighted by Crippen LogP contribution is -2.48. The van der Waals surface area contributed by atoms with Crippen LogP contribution in [-0.2, 0) is 24.3 Å². The highest BCUT2D eigenvalue weighted by molar-refractivity contribution is 7.89. The average Bonchev–Trinajstić information content (AvgIpc) is 3.30. The van der Waals surface area contributed by atoms with Crippen molar-refractivity contribution in [2.24, 2.45) is 0 Å². The number of rotatable bonds is 7. The van der Waals surface area contributed by atoms with Crippen LogP contribution < -0.4 is 5.32 Å². The van der Waals surface area contributed by atoms with Gasteiger partial charge in [-0.3, -0.25) is 9.59 Å². The second-order valence-electron chi connectivity index (χ2n) is 7.86. The van der Waals surface area contributed by atoms with Gasteiger partial charge in [-0.05, 0) is 43.5 Å². The molecular formula is C24H23N5O5S. The van der Waals surface area contributed by atoms with E-state index in [4.69, 9.17) is 4.74 Å². The molecular weight excluding hydrogens is 470 g/mol. The molecule has 1 atom stereocenters. The normalized spacial score (nSPS) is 16.3. The van der Waals surface area contributed by atoms with Crippen LogP contribution in [0.1, 0.15) is 24.8 Å². The van der Waals surface area contributed by atoms with E-state index in [0.717, 1.165) is 4.31 Å². The van der Waals surface area contributed by atoms with E-state index in [-0.39, 0.29) is 22.8 Å². The largest absolute Gasteiger partial charge is 0.454 e. The second kappa shape index (κ2) is 10.5. The number of nitrogens with zero attached hydrogens (tertiary/aromatic N) is 4. The number of para-hydroxylation sites is 1. The van der Waals surface area contributed by atoms with Crippen molar-refractivity contribution < 1.29 is 22.7 Å². The lowest BCUT2D eigenvalue weighted by atomic mass is 10.1. The van der Waals surface area contributed by atoms with Crippen LogP contribution in [0, 0.1) is 11.3 Å². The average molecular weight is 494 g/mol. The van der Waals surface area contributed by atoms with E-state index in [1.54, 1.807) is 42.5 Å². The highest BCUT2D eigenvalue weighted by Crippen LogP contribution is 2.26. The zero-order valence-corrected chi connectivity index (χ0v) is 19.5. The molecule has 1 fully saturated rings. The van der Waals surface area contributed by atoms with Crippen molar-refractivity contribution in [2.45, 2.75) is 30.2 Å². The summed E-state index contributed by atoms with van der Waals surface area (Å²) < 4.78 is 33.9. The molecule has 2 heterocycles. The number of nitrogens with one attached hydrogen (secondary N) is 1. The van der Waals surface area contributed by atoms with E-state index in [0.29, 0.717) is 24.9 Å². The fourth-order valence-electron chi connectivity index (χ4n) is 3.87. The van der Waals surface area contributed by atoms with E-state index in [1.165, 1.54) is 23.0 Å². The van der Waals surface area contributed by atoms with Crippen LogP contribution in [0.15, 0.2) is 71.8 Å². The number of piperidine rings is 1. The lowest BCUT2D eigenvalue weighted by molar-refractivity contribution is -0.152. The third-order valence-electron chi connectivity index (χ3n) is 5.57. The number of nitriles is 1. The Balaban J connectivity index is 1.45. The maximum absolute atomic E-state index is 13.1. The Labute approximate surface area is 202 Å². The zero-order chi connectivity index (χ0) is 24.8. The summed E-state index contributed by atoms with van der Waals surface area (Å²) in [5.41, 5.74) is 0.770. The van der Waals surface area contributed by atoms with Gasteiger partial charge in [0.25, 0.3) is 5.91 Å². The van der Waals surface area contributed by atoms with Gasteiger partial charge in [0.1, 0.15) is 17.7 Å². The maximum atomic E-state index is 13.1. The number of hydrogen-bond acceptors (Lipinski definition) is 7. The Morgan fingerprint density at radius 3 is 2.46 bits per heavy atom. The van der Waals surface area contributed by atoms with Crippen LogP contribution in [-0.4, -0.2) is 53.6 Å². The van der Waals surface area contributed by atoms with E-state index in [1.807, 2.05) is 12.1 Å². The Kier molecular flexibility index (Phi) is 7.24. The van der Waals surface area contributed by atoms with Crippen LogP contribution >= 0.6 is 0 Å². The van der Waals surface area contributed by atoms with Crippen molar-refractivity contribution in [1.29, 1.82) is 5.26 Å². The first-order chi connectivity index (χ1) is 16.9. The number of aromatic nitrogens is 2. The van der Waals surface area contributed by atoms with Gasteiger partial charge in [0.2, 0.25) is 10.0 Å². The highest BCUT2D eigenvalue weighted by atomic mass is 32.2. The Hall–Kier alpha value is -4.01. The Morgan fingerprint density at radius 2 is 1.77 bits per heavy atom. The summed E-state index contributed by atoms with van der Waals surface area (Å²) >= 11 is 0. The first-order valence-corrected chi connectivity index (χ1v) is 12.4. The molecule has 180 valence electrons. The molecule has 10 nitrogen and oxygen atoms in total. The van der Waals surface area contributed by atoms with Crippen molar-refractivity contribution in [3.8, 4) is 11.8 Å². The van der Waals surface area contributed by atoms with E-state index in [2.05, 4.69) is 10.4 Å². The maximum Gasteiger partial charge on any atom is 0.324 e. The smallest absolute Gasteiger partial charge is 0.324 e. The molecule has 35 heavy (non-hydrogen) atoms. The van der Waals surface area contributed by atoms with E-state index in [9.17, 15) is 23.3 Å². The van der Waals surface area contributed by atoms with Crippen molar-refractivity contribution >= 4 is 27.7 Å². The molecule has 0 aliphatic carbocycles. The number of carbonyl (C=O) groups excluding carboxylic acids is 2. The van der Waals surface area contributed by atoms with E-state index < -0.39 is 34.5 Å². The molecule has 1 aromatic heterocycles. The molecule has 1 aliphatic heterocycles. The number of anilines is 1. The highest BCUT2D eigenvalue weighted by Gasteiger charge is 2.38. The van der Waals surface area contributed by atoms with E-state index >= 15 is 0 Å². The standard InChI is InChI=1S/C24H23N5O5S/c25-15-18-16-26-29(19-9-3-1-4-10-19)23(18)27-22(30)17-34-24(31)21-13-7-8-14-28(21)35(32,33)20-11-5-2-6-12-20/h1-6,9-12,16,21H,7-8,13-14,17H2,(H,27,30). The minimum absolute atomic E-state index is 0.0932. The lowest BCUT2D eigenvalue weighted by Gasteiger charge is -2.32. The van der Waals surface area contributed by atoms with Gasteiger partial charge in [0.05, 0.1) is 16.8 Å². The summed E-state index contributed by atoms with van der Waals surface area (Å²) in [6.07, 6.45) is 2.90. The number of amides is 1. The van der Waals surface area contributed by atoms with Crippen molar-refractivity contribution in [1.82, 2.24) is 14.1 Å². The van der Waals surface area contributed by atoms with Crippen molar-refractivity contribution in [3.05, 3.63) is 72.4 Å². The molecule has 1 amide bonds. The van der Waals surface area contributed by atoms with Gasteiger partial charge < -0.3 is 10.1 Å². The zero-order valence-electron chi connectivity index (χ0n) is 18.7. The first kappa shape index (κ1) is 24.1. The Bertz CT molecular complexity index is 1350. The number of ether oxygens (including phenoxy) is 1. The molecule has 0 spiro atoms. The molecule has 1 N–H and O–H groups in total. The molecule has 1 saturated heterocycles. The van der Waals surface area contributed by atoms with Crippen LogP contribution in [0.5, 0.6) is 0 Å². The first-order valence-electron chi connectivity index (χ1n) is 11.0. The molecule has 0 saturated carbocycles. The minimum atomic E-state index is -3.90. The Morgan fingerprint density at radius 1 is 1.09 bits per heavy atom. The number of carbonyl (C=O) groups is 2. The van der Waals surface area contributed by atoms with Crippen LogP contribution in [0.25, 0.3) is 5.69 Å². The minimum Gasteiger partial charge on any atom is -0.454 e. The molecule has 4 rings (SSSR count). The van der Waals surface area contributed by atoms with Crippen LogP contribution in [0.2, 0.25) is 0 Å². The monoisotopic (exact) mass is 493 g/mol. The third-order valence-corrected chi connectivity index (χ3v) is 7.49. The molecule has 1 aliphatic rings. The summed E-state index contributed by atoms with van der Waals surface area (Å²) in [6, 6.07) is 17.7. The summed E-state index contributed by atoms with van der Waals surface area (Å²) in [4.78, 5) is 25.5. The van der Waals surface area contributed by atoms with Crippen molar-refractivity contribution in [3.63, 3.8) is 0 Å². The van der Waals surface area contributed by atoms with Crippen LogP contribution in [0.4, 0.5) is 5.82 Å². The van der Waals surface area contributed by atoms with Crippen LogP contribution in [0.3, 0.4) is 0 Å². The van der Waals surface area contributed by atoms with Crippen molar-refractivity contribution in [2.75, 3.05) is 18.5 Å². The molecule has 0 radical (unpaired) electrons. The summed E-state index contributed by atoms with van der Waals surface area (Å²) in [5.74, 6) is -1.33. The predicted octanol–water partition coefficient (Wildman–Crippen LogP) is 2.47. The van der Waals surface area contributed by atoms with Gasteiger partial charge >= 0.3 is 5.97 Å². The number of benzene rings is 2. The topological polar surface area (TPSA) is 134 Å². The number of esters is 1. The SMILES string of the molecule is N#Cc1cnn(-c2ccccc2)c1NC(=O)COC(=O)C1CCCCN1S(=O)(=O)c1ccccc1. The second-order valence-corrected chi connectivity index (χ2v) is 9.75. The van der Waals surface area contributed by atoms with Gasteiger partial charge in [0, 0.05) is 6.54 Å². The number of hydrogen-bond donors (Lipinski definition) is 1. The molecule has 0 bridgehead atoms. The molecule has 11 heteroatoms. The molecule has 2 aromatic carbocycles. The summed E-state index contributed by atoms with van der Waals surface area (Å²) in [5, 5.41) is 16.1. The van der Waals surface area contributed by atoms with Gasteiger partial charge in [-0.1, -0.05) is 36.4 Å². The quantitative estimate of drug-likeness (QED) is 0.500. The van der Waals surface area contributed by atoms with Gasteiger partial charge in [-0.2, -0.15) is 14.7 Å². The summed E-state index contributed by atoms with van der Waals surface area (Å²) in [7, 11) is -3.90. The molecule has 1 unspecified atom stereocenters. The third kappa shape index (κ3) is 5.24. The fraction of sp³-hybridized carbons (Fsp3) is 0.250. The van der Waals surface area contributed by atoms with Gasteiger partial charge in [0.15, 0.2) is 12.4 Å². The summed E-state index contributed by atoms with van der Waals surface area (Å²) in [6.45, 7) is -0.454. The molecule has 3 aromatic rings.